The number of amides is 1. The number of nitrogens with two attached hydrogens (primary N) is 1. The van der Waals surface area contributed by atoms with E-state index in [1.165, 1.54) is 4.88 Å². The number of benzene rings is 1. The zero-order chi connectivity index (χ0) is 16.7. The van der Waals surface area contributed by atoms with E-state index < -0.39 is 0 Å². The number of hydrogen-bond acceptors (Lipinski definition) is 4. The number of nitrogens with zero attached hydrogens (tertiary/aromatic N) is 2. The summed E-state index contributed by atoms with van der Waals surface area (Å²) >= 11 is 1.58. The molecule has 0 bridgehead atoms. The van der Waals surface area contributed by atoms with Gasteiger partial charge in [-0.25, -0.2) is 9.98 Å². The molecule has 6 heteroatoms. The summed E-state index contributed by atoms with van der Waals surface area (Å²) in [7, 11) is 0. The number of fused-ring (bicyclic) bond motifs is 2. The van der Waals surface area contributed by atoms with Crippen molar-refractivity contribution in [3.8, 4) is 0 Å². The fourth-order valence-corrected chi connectivity index (χ4v) is 4.59. The van der Waals surface area contributed by atoms with Crippen LogP contribution in [-0.4, -0.2) is 22.1 Å². The highest BCUT2D eigenvalue weighted by Gasteiger charge is 2.26. The summed E-state index contributed by atoms with van der Waals surface area (Å²) in [6, 6.07) is 7.83. The van der Waals surface area contributed by atoms with Crippen LogP contribution in [0, 0.1) is 5.92 Å². The van der Waals surface area contributed by atoms with E-state index >= 15 is 0 Å². The Morgan fingerprint density at radius 1 is 1.46 bits per heavy atom. The van der Waals surface area contributed by atoms with Crippen LogP contribution < -0.4 is 5.73 Å². The molecule has 0 saturated heterocycles. The number of carbonyl (C=O) groups is 1. The van der Waals surface area contributed by atoms with E-state index in [0.717, 1.165) is 35.9 Å². The average molecular weight is 338 g/mol. The third kappa shape index (κ3) is 2.63. The van der Waals surface area contributed by atoms with E-state index in [4.69, 9.17) is 5.73 Å². The number of rotatable bonds is 3. The largest absolute Gasteiger partial charge is 0.365 e. The number of H-pyrrole nitrogens is 1. The molecule has 0 saturated carbocycles. The summed E-state index contributed by atoms with van der Waals surface area (Å²) < 4.78 is 0. The first kappa shape index (κ1) is 15.1. The van der Waals surface area contributed by atoms with Crippen LogP contribution in [0.5, 0.6) is 0 Å². The van der Waals surface area contributed by atoms with Gasteiger partial charge >= 0.3 is 0 Å². The zero-order valence-electron chi connectivity index (χ0n) is 13.4. The van der Waals surface area contributed by atoms with E-state index in [9.17, 15) is 4.79 Å². The summed E-state index contributed by atoms with van der Waals surface area (Å²) in [4.78, 5) is 25.4. The molecule has 1 aromatic carbocycles. The van der Waals surface area contributed by atoms with Crippen LogP contribution >= 0.6 is 11.3 Å². The van der Waals surface area contributed by atoms with Crippen LogP contribution in [0.15, 0.2) is 29.3 Å². The van der Waals surface area contributed by atoms with Crippen LogP contribution in [0.4, 0.5) is 5.00 Å². The Kier molecular flexibility index (Phi) is 3.69. The van der Waals surface area contributed by atoms with E-state index in [0.29, 0.717) is 22.3 Å². The van der Waals surface area contributed by atoms with Crippen molar-refractivity contribution in [2.75, 3.05) is 0 Å². The highest BCUT2D eigenvalue weighted by molar-refractivity contribution is 7.16. The maximum atomic E-state index is 11.9. The lowest BCUT2D eigenvalue weighted by molar-refractivity contribution is 0.1000. The van der Waals surface area contributed by atoms with Gasteiger partial charge in [0.15, 0.2) is 0 Å². The van der Waals surface area contributed by atoms with Gasteiger partial charge in [0.1, 0.15) is 10.8 Å². The van der Waals surface area contributed by atoms with Gasteiger partial charge < -0.3 is 10.7 Å². The molecule has 1 aliphatic rings. The molecule has 1 unspecified atom stereocenters. The second kappa shape index (κ2) is 5.87. The molecule has 4 rings (SSSR count). The van der Waals surface area contributed by atoms with Gasteiger partial charge in [-0.15, -0.1) is 11.3 Å². The zero-order valence-corrected chi connectivity index (χ0v) is 14.2. The fourth-order valence-electron chi connectivity index (χ4n) is 3.23. The minimum atomic E-state index is -0.390. The van der Waals surface area contributed by atoms with Gasteiger partial charge in [-0.1, -0.05) is 19.1 Å². The van der Waals surface area contributed by atoms with Gasteiger partial charge in [0.2, 0.25) is 0 Å². The van der Waals surface area contributed by atoms with Crippen molar-refractivity contribution in [2.24, 2.45) is 16.6 Å². The Bertz CT molecular complexity index is 920. The third-order valence-electron chi connectivity index (χ3n) is 4.45. The Balaban J connectivity index is 1.72. The van der Waals surface area contributed by atoms with E-state index in [1.807, 2.05) is 24.3 Å². The molecule has 0 spiro atoms. The van der Waals surface area contributed by atoms with Crippen LogP contribution in [0.3, 0.4) is 0 Å². The molecule has 2 aromatic heterocycles. The molecule has 1 aliphatic carbocycles. The van der Waals surface area contributed by atoms with Gasteiger partial charge in [0, 0.05) is 4.88 Å². The van der Waals surface area contributed by atoms with Crippen LogP contribution in [-0.2, 0) is 12.8 Å². The van der Waals surface area contributed by atoms with Crippen molar-refractivity contribution in [3.63, 3.8) is 0 Å². The molecule has 1 atom stereocenters. The van der Waals surface area contributed by atoms with Crippen molar-refractivity contribution in [1.82, 2.24) is 9.97 Å². The molecule has 2 heterocycles. The number of hydrogen-bond donors (Lipinski definition) is 2. The maximum absolute atomic E-state index is 11.9. The highest BCUT2D eigenvalue weighted by atomic mass is 32.1. The first-order chi connectivity index (χ1) is 11.6. The topological polar surface area (TPSA) is 84.1 Å². The lowest BCUT2D eigenvalue weighted by atomic mass is 9.88. The second-order valence-corrected chi connectivity index (χ2v) is 7.38. The van der Waals surface area contributed by atoms with Crippen molar-refractivity contribution >= 4 is 39.5 Å². The predicted octanol–water partition coefficient (Wildman–Crippen LogP) is 3.60. The monoisotopic (exact) mass is 338 g/mol. The minimum Gasteiger partial charge on any atom is -0.365 e. The molecule has 0 fully saturated rings. The Labute approximate surface area is 143 Å². The van der Waals surface area contributed by atoms with E-state index in [-0.39, 0.29) is 5.91 Å². The summed E-state index contributed by atoms with van der Waals surface area (Å²) in [5, 5.41) is 0.696. The molecular formula is C18H18N4OS. The smallest absolute Gasteiger partial charge is 0.252 e. The summed E-state index contributed by atoms with van der Waals surface area (Å²) in [6.45, 7) is 2.24. The van der Waals surface area contributed by atoms with E-state index in [1.54, 1.807) is 17.6 Å². The molecule has 122 valence electrons. The predicted molar refractivity (Wildman–Crippen MR) is 97.4 cm³/mol. The van der Waals surface area contributed by atoms with Crippen molar-refractivity contribution in [3.05, 3.63) is 46.1 Å². The number of primary amides is 1. The second-order valence-electron chi connectivity index (χ2n) is 6.29. The molecular weight excluding hydrogens is 320 g/mol. The molecule has 0 radical (unpaired) electrons. The van der Waals surface area contributed by atoms with Crippen molar-refractivity contribution in [1.29, 1.82) is 0 Å². The number of nitrogens with one attached hydrogen (secondary N) is 1. The van der Waals surface area contributed by atoms with Gasteiger partial charge in [-0.3, -0.25) is 4.79 Å². The van der Waals surface area contributed by atoms with Gasteiger partial charge in [-0.05, 0) is 42.9 Å². The molecule has 3 aromatic rings. The maximum Gasteiger partial charge on any atom is 0.252 e. The lowest BCUT2D eigenvalue weighted by Gasteiger charge is -2.18. The van der Waals surface area contributed by atoms with Crippen LogP contribution in [0.25, 0.3) is 11.0 Å². The van der Waals surface area contributed by atoms with Crippen molar-refractivity contribution < 1.29 is 4.79 Å². The standard InChI is InChI=1S/C18H18N4OS/c1-10-6-7-11-14(8-10)24-18(16(11)17(19)23)20-9-15-21-12-4-2-3-5-13(12)22-15/h2-5,9-10H,6-8H2,1H3,(H2,19,23)(H,21,22). The Morgan fingerprint density at radius 2 is 2.29 bits per heavy atom. The van der Waals surface area contributed by atoms with E-state index in [2.05, 4.69) is 21.9 Å². The normalized spacial score (nSPS) is 17.5. The Hall–Kier alpha value is -2.47. The molecule has 0 aliphatic heterocycles. The van der Waals surface area contributed by atoms with Gasteiger partial charge in [0.05, 0.1) is 22.8 Å². The number of aliphatic imine (C=N–C) groups is 1. The average Bonchev–Trinajstić information content (AvgIpc) is 3.12. The molecule has 24 heavy (non-hydrogen) atoms. The molecule has 1 amide bonds. The third-order valence-corrected chi connectivity index (χ3v) is 5.61. The number of para-hydroxylation sites is 2. The van der Waals surface area contributed by atoms with Gasteiger partial charge in [-0.2, -0.15) is 0 Å². The number of thiophene rings is 1. The number of imidazole rings is 1. The summed E-state index contributed by atoms with van der Waals surface area (Å²) in [5.74, 6) is 0.925. The summed E-state index contributed by atoms with van der Waals surface area (Å²) in [6.07, 6.45) is 4.68. The number of aromatic amines is 1. The fraction of sp³-hybridized carbons (Fsp3) is 0.278. The van der Waals surface area contributed by atoms with Crippen LogP contribution in [0.2, 0.25) is 0 Å². The highest BCUT2D eigenvalue weighted by Crippen LogP contribution is 2.40. The number of carbonyl (C=O) groups excluding carboxylic acids is 1. The summed E-state index contributed by atoms with van der Waals surface area (Å²) in [5.41, 5.74) is 9.17. The quantitative estimate of drug-likeness (QED) is 0.715. The van der Waals surface area contributed by atoms with Crippen molar-refractivity contribution in [2.45, 2.75) is 26.2 Å². The Morgan fingerprint density at radius 3 is 3.08 bits per heavy atom. The van der Waals surface area contributed by atoms with Gasteiger partial charge in [0.25, 0.3) is 5.91 Å². The minimum absolute atomic E-state index is 0.390. The van der Waals surface area contributed by atoms with Crippen LogP contribution in [0.1, 0.15) is 40.0 Å². The molecule has 5 nitrogen and oxygen atoms in total. The first-order valence-electron chi connectivity index (χ1n) is 8.05. The molecule has 3 N–H and O–H groups in total. The SMILES string of the molecule is CC1CCc2c(sc(N=Cc3nc4ccccc4[nH]3)c2C(N)=O)C1. The lowest BCUT2D eigenvalue weighted by Crippen LogP contribution is -2.16. The first-order valence-corrected chi connectivity index (χ1v) is 8.86. The number of aromatic nitrogens is 2.